The molecule has 2 atom stereocenters. The van der Waals surface area contributed by atoms with Crippen LogP contribution in [0.3, 0.4) is 0 Å². The van der Waals surface area contributed by atoms with E-state index >= 15 is 0 Å². The van der Waals surface area contributed by atoms with E-state index in [0.29, 0.717) is 0 Å². The first kappa shape index (κ1) is 18.0. The molecule has 0 heterocycles. The molecule has 1 rings (SSSR count). The van der Waals surface area contributed by atoms with Gasteiger partial charge in [-0.3, -0.25) is 9.63 Å². The van der Waals surface area contributed by atoms with E-state index in [9.17, 15) is 9.59 Å². The van der Waals surface area contributed by atoms with Crippen molar-refractivity contribution in [3.8, 4) is 0 Å². The number of hydrogen-bond donors (Lipinski definition) is 1. The second-order valence-electron chi connectivity index (χ2n) is 5.09. The Hall–Kier alpha value is -2.08. The quantitative estimate of drug-likeness (QED) is 0.785. The summed E-state index contributed by atoms with van der Waals surface area (Å²) < 4.78 is 5.16. The molecule has 0 aliphatic carbocycles. The van der Waals surface area contributed by atoms with Crippen LogP contribution in [-0.2, 0) is 21.0 Å². The number of rotatable bonds is 7. The van der Waals surface area contributed by atoms with Crippen LogP contribution >= 0.6 is 0 Å². The summed E-state index contributed by atoms with van der Waals surface area (Å²) in [7, 11) is 2.91. The number of ether oxygens (including phenoxy) is 1. The first-order valence-corrected chi connectivity index (χ1v) is 7.28. The summed E-state index contributed by atoms with van der Waals surface area (Å²) in [6, 6.07) is 8.68. The molecule has 0 saturated carbocycles. The molecule has 0 radical (unpaired) electrons. The molecule has 0 unspecified atom stereocenters. The van der Waals surface area contributed by atoms with Gasteiger partial charge in [0.2, 0.25) is 0 Å². The highest BCUT2D eigenvalue weighted by Gasteiger charge is 2.29. The van der Waals surface area contributed by atoms with Gasteiger partial charge in [0.25, 0.3) is 5.91 Å². The third kappa shape index (κ3) is 5.37. The molecular weight excluding hydrogens is 284 g/mol. The monoisotopic (exact) mass is 308 g/mol. The number of alkyl carbamates (subject to hydrolysis) is 1. The zero-order chi connectivity index (χ0) is 16.5. The van der Waals surface area contributed by atoms with Gasteiger partial charge in [-0.15, -0.1) is 0 Å². The first-order valence-electron chi connectivity index (χ1n) is 7.28. The van der Waals surface area contributed by atoms with Crippen LogP contribution in [0.5, 0.6) is 0 Å². The van der Waals surface area contributed by atoms with Crippen LogP contribution < -0.4 is 5.32 Å². The number of amides is 2. The van der Waals surface area contributed by atoms with E-state index in [1.807, 2.05) is 44.2 Å². The third-order valence-electron chi connectivity index (χ3n) is 3.55. The van der Waals surface area contributed by atoms with Gasteiger partial charge in [-0.2, -0.15) is 0 Å². The third-order valence-corrected chi connectivity index (χ3v) is 3.55. The smallest absolute Gasteiger partial charge is 0.408 e. The highest BCUT2D eigenvalue weighted by Crippen LogP contribution is 2.11. The minimum atomic E-state index is -0.682. The molecule has 0 aromatic heterocycles. The second kappa shape index (κ2) is 9.04. The van der Waals surface area contributed by atoms with Crippen LogP contribution in [0.4, 0.5) is 4.79 Å². The van der Waals surface area contributed by atoms with Crippen molar-refractivity contribution in [1.29, 1.82) is 0 Å². The summed E-state index contributed by atoms with van der Waals surface area (Å²) in [5.41, 5.74) is 0.887. The lowest BCUT2D eigenvalue weighted by molar-refractivity contribution is -0.172. The Morgan fingerprint density at radius 3 is 2.45 bits per heavy atom. The van der Waals surface area contributed by atoms with Gasteiger partial charge in [0, 0.05) is 7.05 Å². The van der Waals surface area contributed by atoms with Gasteiger partial charge in [0.05, 0.1) is 7.11 Å². The Balaban J connectivity index is 2.61. The normalized spacial score (nSPS) is 13.1. The zero-order valence-electron chi connectivity index (χ0n) is 13.5. The summed E-state index contributed by atoms with van der Waals surface area (Å²) in [5.74, 6) is -0.345. The summed E-state index contributed by atoms with van der Waals surface area (Å²) in [6.45, 7) is 4.01. The van der Waals surface area contributed by atoms with Crippen molar-refractivity contribution < 1.29 is 19.2 Å². The van der Waals surface area contributed by atoms with E-state index < -0.39 is 12.1 Å². The number of hydroxylamine groups is 2. The Labute approximate surface area is 131 Å². The number of benzene rings is 1. The second-order valence-corrected chi connectivity index (χ2v) is 5.09. The molecule has 22 heavy (non-hydrogen) atoms. The molecule has 0 spiro atoms. The van der Waals surface area contributed by atoms with Gasteiger partial charge >= 0.3 is 6.09 Å². The molecule has 2 amide bonds. The van der Waals surface area contributed by atoms with E-state index in [0.717, 1.165) is 17.0 Å². The highest BCUT2D eigenvalue weighted by atomic mass is 16.7. The largest absolute Gasteiger partial charge is 0.445 e. The van der Waals surface area contributed by atoms with Crippen molar-refractivity contribution in [3.63, 3.8) is 0 Å². The number of nitrogens with zero attached hydrogens (tertiary/aromatic N) is 1. The molecule has 0 bridgehead atoms. The van der Waals surface area contributed by atoms with Gasteiger partial charge in [-0.1, -0.05) is 50.6 Å². The molecule has 0 saturated heterocycles. The van der Waals surface area contributed by atoms with E-state index in [1.54, 1.807) is 0 Å². The summed E-state index contributed by atoms with van der Waals surface area (Å²) >= 11 is 0. The number of hydrogen-bond acceptors (Lipinski definition) is 4. The zero-order valence-corrected chi connectivity index (χ0v) is 13.5. The molecule has 0 aliphatic rings. The van der Waals surface area contributed by atoms with Crippen molar-refractivity contribution in [1.82, 2.24) is 10.4 Å². The number of nitrogens with one attached hydrogen (secondary N) is 1. The van der Waals surface area contributed by atoms with Crippen molar-refractivity contribution in [2.75, 3.05) is 14.2 Å². The van der Waals surface area contributed by atoms with E-state index in [4.69, 9.17) is 9.57 Å². The fourth-order valence-corrected chi connectivity index (χ4v) is 1.86. The number of carbonyl (C=O) groups is 2. The Morgan fingerprint density at radius 2 is 1.91 bits per heavy atom. The summed E-state index contributed by atoms with van der Waals surface area (Å²) in [6.07, 6.45) is 0.124. The van der Waals surface area contributed by atoms with Crippen LogP contribution in [0.2, 0.25) is 0 Å². The van der Waals surface area contributed by atoms with E-state index in [2.05, 4.69) is 5.32 Å². The first-order chi connectivity index (χ1) is 10.5. The SMILES string of the molecule is CC[C@@H](C)[C@H](NC(=O)OCc1ccccc1)C(=O)N(C)OC. The van der Waals surface area contributed by atoms with Crippen molar-refractivity contribution in [2.24, 2.45) is 5.92 Å². The minimum Gasteiger partial charge on any atom is -0.445 e. The molecule has 1 aromatic rings. The van der Waals surface area contributed by atoms with E-state index in [1.165, 1.54) is 14.2 Å². The Kier molecular flexibility index (Phi) is 7.39. The maximum absolute atomic E-state index is 12.2. The molecule has 1 aromatic carbocycles. The van der Waals surface area contributed by atoms with Crippen LogP contribution in [0.1, 0.15) is 25.8 Å². The van der Waals surface area contributed by atoms with Gasteiger partial charge in [-0.05, 0) is 11.5 Å². The van der Waals surface area contributed by atoms with Crippen molar-refractivity contribution in [3.05, 3.63) is 35.9 Å². The van der Waals surface area contributed by atoms with E-state index in [-0.39, 0.29) is 18.4 Å². The molecule has 6 heteroatoms. The number of likely N-dealkylation sites (N-methyl/N-ethyl adjacent to an activating group) is 1. The van der Waals surface area contributed by atoms with Crippen LogP contribution in [0, 0.1) is 5.92 Å². The number of carbonyl (C=O) groups excluding carboxylic acids is 2. The fourth-order valence-electron chi connectivity index (χ4n) is 1.86. The Morgan fingerprint density at radius 1 is 1.27 bits per heavy atom. The molecule has 1 N–H and O–H groups in total. The average molecular weight is 308 g/mol. The van der Waals surface area contributed by atoms with Crippen LogP contribution in [0.25, 0.3) is 0 Å². The lowest BCUT2D eigenvalue weighted by atomic mass is 9.98. The van der Waals surface area contributed by atoms with Crippen molar-refractivity contribution >= 4 is 12.0 Å². The molecule has 0 fully saturated rings. The Bertz CT molecular complexity index is 478. The van der Waals surface area contributed by atoms with Gasteiger partial charge in [-0.25, -0.2) is 9.86 Å². The van der Waals surface area contributed by atoms with Crippen molar-refractivity contribution in [2.45, 2.75) is 32.9 Å². The molecular formula is C16H24N2O4. The average Bonchev–Trinajstić information content (AvgIpc) is 2.56. The van der Waals surface area contributed by atoms with Gasteiger partial charge in [0.1, 0.15) is 12.6 Å². The molecule has 6 nitrogen and oxygen atoms in total. The summed E-state index contributed by atoms with van der Waals surface area (Å²) in [4.78, 5) is 29.0. The lowest BCUT2D eigenvalue weighted by Crippen LogP contribution is -2.50. The lowest BCUT2D eigenvalue weighted by Gasteiger charge is -2.26. The van der Waals surface area contributed by atoms with Crippen LogP contribution in [0.15, 0.2) is 30.3 Å². The topological polar surface area (TPSA) is 67.9 Å². The maximum atomic E-state index is 12.2. The highest BCUT2D eigenvalue weighted by molar-refractivity contribution is 5.85. The summed E-state index contributed by atoms with van der Waals surface area (Å²) in [5, 5.41) is 3.73. The predicted octanol–water partition coefficient (Wildman–Crippen LogP) is 2.35. The standard InChI is InChI=1S/C16H24N2O4/c1-5-12(2)14(15(19)18(3)21-4)17-16(20)22-11-13-9-7-6-8-10-13/h6-10,12,14H,5,11H2,1-4H3,(H,17,20)/t12-,14+/m1/s1. The minimum absolute atomic E-state index is 0.0330. The maximum Gasteiger partial charge on any atom is 0.408 e. The predicted molar refractivity (Wildman–Crippen MR) is 82.8 cm³/mol. The molecule has 122 valence electrons. The molecule has 0 aliphatic heterocycles. The van der Waals surface area contributed by atoms with Gasteiger partial charge in [0.15, 0.2) is 0 Å². The fraction of sp³-hybridized carbons (Fsp3) is 0.500. The van der Waals surface area contributed by atoms with Gasteiger partial charge < -0.3 is 10.1 Å². The van der Waals surface area contributed by atoms with Crippen LogP contribution in [-0.4, -0.2) is 37.3 Å².